The van der Waals surface area contributed by atoms with Crippen LogP contribution in [0.2, 0.25) is 5.02 Å². The minimum absolute atomic E-state index is 0.0880. The molecule has 0 aliphatic carbocycles. The van der Waals surface area contributed by atoms with Crippen molar-refractivity contribution >= 4 is 29.3 Å². The normalized spacial score (nSPS) is 11.6. The second kappa shape index (κ2) is 12.7. The standard InChI is InChI=1S/C25H24ClFN2O6/c26-20-3-1-2-4-22(20)34-15-21(24(31)32)29-25(33)35-14-17-7-11-19(12-8-17)28-23(30)13-16-5-9-18(27)10-6-16/h1-12,21,24,31-32H,13-15H2,(H,28,30)(H,29,33)/t21-/m0/s1. The van der Waals surface area contributed by atoms with Crippen LogP contribution < -0.4 is 15.4 Å². The molecule has 3 rings (SSSR count). The van der Waals surface area contributed by atoms with Crippen molar-refractivity contribution in [2.75, 3.05) is 11.9 Å². The van der Waals surface area contributed by atoms with Crippen LogP contribution in [0, 0.1) is 5.82 Å². The number of amides is 2. The van der Waals surface area contributed by atoms with Crippen molar-refractivity contribution in [2.24, 2.45) is 0 Å². The quantitative estimate of drug-likeness (QED) is 0.314. The van der Waals surface area contributed by atoms with E-state index in [0.29, 0.717) is 27.6 Å². The number of carbonyl (C=O) groups excluding carboxylic acids is 2. The Morgan fingerprint density at radius 1 is 0.943 bits per heavy atom. The summed E-state index contributed by atoms with van der Waals surface area (Å²) in [7, 11) is 0. The first-order chi connectivity index (χ1) is 16.8. The zero-order chi connectivity index (χ0) is 25.2. The fourth-order valence-corrected chi connectivity index (χ4v) is 3.15. The molecule has 8 nitrogen and oxygen atoms in total. The molecule has 0 saturated carbocycles. The molecule has 0 bridgehead atoms. The maximum atomic E-state index is 13.0. The van der Waals surface area contributed by atoms with Crippen molar-refractivity contribution < 1.29 is 33.7 Å². The van der Waals surface area contributed by atoms with Crippen molar-refractivity contribution in [3.05, 3.63) is 94.8 Å². The van der Waals surface area contributed by atoms with Crippen LogP contribution in [0.15, 0.2) is 72.8 Å². The average Bonchev–Trinajstić information content (AvgIpc) is 2.83. The summed E-state index contributed by atoms with van der Waals surface area (Å²) in [5, 5.41) is 24.5. The van der Waals surface area contributed by atoms with Gasteiger partial charge in [0.05, 0.1) is 11.4 Å². The van der Waals surface area contributed by atoms with Crippen LogP contribution >= 0.6 is 11.6 Å². The lowest BCUT2D eigenvalue weighted by Crippen LogP contribution is -2.47. The number of aliphatic hydroxyl groups excluding tert-OH is 1. The third kappa shape index (κ3) is 8.56. The van der Waals surface area contributed by atoms with Crippen molar-refractivity contribution in [1.82, 2.24) is 5.32 Å². The molecule has 0 aromatic heterocycles. The SMILES string of the molecule is O=C(Cc1ccc(F)cc1)Nc1ccc(COC(=O)N[C@@H](COc2ccccc2Cl)C(O)O)cc1. The molecule has 0 saturated heterocycles. The number of rotatable bonds is 10. The van der Waals surface area contributed by atoms with E-state index >= 15 is 0 Å². The van der Waals surface area contributed by atoms with Crippen molar-refractivity contribution in [1.29, 1.82) is 0 Å². The lowest BCUT2D eigenvalue weighted by molar-refractivity contribution is -0.115. The van der Waals surface area contributed by atoms with Gasteiger partial charge in [-0.2, -0.15) is 0 Å². The fourth-order valence-electron chi connectivity index (χ4n) is 2.96. The molecular weight excluding hydrogens is 479 g/mol. The van der Waals surface area contributed by atoms with E-state index in [1.165, 1.54) is 12.1 Å². The molecule has 1 atom stereocenters. The Kier molecular flexibility index (Phi) is 9.42. The molecule has 35 heavy (non-hydrogen) atoms. The molecule has 0 heterocycles. The monoisotopic (exact) mass is 502 g/mol. The zero-order valence-electron chi connectivity index (χ0n) is 18.5. The number of carbonyl (C=O) groups is 2. The van der Waals surface area contributed by atoms with Gasteiger partial charge in [0.2, 0.25) is 5.91 Å². The Hall–Kier alpha value is -3.66. The summed E-state index contributed by atoms with van der Waals surface area (Å²) in [4.78, 5) is 24.2. The first kappa shape index (κ1) is 26.0. The number of ether oxygens (including phenoxy) is 2. The summed E-state index contributed by atoms with van der Waals surface area (Å²) in [6, 6.07) is 17.8. The van der Waals surface area contributed by atoms with E-state index in [1.54, 1.807) is 60.7 Å². The van der Waals surface area contributed by atoms with E-state index < -0.39 is 18.4 Å². The predicted molar refractivity (Wildman–Crippen MR) is 127 cm³/mol. The number of benzene rings is 3. The largest absolute Gasteiger partial charge is 0.490 e. The minimum atomic E-state index is -1.89. The number of hydrogen-bond donors (Lipinski definition) is 4. The Morgan fingerprint density at radius 3 is 2.26 bits per heavy atom. The molecule has 3 aromatic carbocycles. The van der Waals surface area contributed by atoms with Crippen LogP contribution in [0.1, 0.15) is 11.1 Å². The molecular formula is C25H24ClFN2O6. The van der Waals surface area contributed by atoms with Gasteiger partial charge >= 0.3 is 6.09 Å². The highest BCUT2D eigenvalue weighted by atomic mass is 35.5. The van der Waals surface area contributed by atoms with Gasteiger partial charge in [-0.05, 0) is 47.5 Å². The van der Waals surface area contributed by atoms with Gasteiger partial charge in [-0.15, -0.1) is 0 Å². The highest BCUT2D eigenvalue weighted by molar-refractivity contribution is 6.32. The van der Waals surface area contributed by atoms with E-state index in [9.17, 15) is 24.2 Å². The minimum Gasteiger partial charge on any atom is -0.490 e. The summed E-state index contributed by atoms with van der Waals surface area (Å²) in [5.41, 5.74) is 1.87. The number of para-hydroxylation sites is 1. The molecule has 0 spiro atoms. The Morgan fingerprint density at radius 2 is 1.60 bits per heavy atom. The summed E-state index contributed by atoms with van der Waals surface area (Å²) in [5.74, 6) is -0.290. The third-order valence-corrected chi connectivity index (χ3v) is 5.12. The molecule has 0 fully saturated rings. The Balaban J connectivity index is 1.44. The lowest BCUT2D eigenvalue weighted by atomic mass is 10.1. The van der Waals surface area contributed by atoms with Gasteiger partial charge in [-0.3, -0.25) is 4.79 Å². The molecule has 0 aliphatic heterocycles. The average molecular weight is 503 g/mol. The number of anilines is 1. The van der Waals surface area contributed by atoms with Crippen LogP contribution in [-0.2, 0) is 22.6 Å². The molecule has 3 aromatic rings. The van der Waals surface area contributed by atoms with Gasteiger partial charge in [0.15, 0.2) is 6.29 Å². The maximum Gasteiger partial charge on any atom is 0.407 e. The first-order valence-corrected chi connectivity index (χ1v) is 11.0. The van der Waals surface area contributed by atoms with E-state index in [-0.39, 0.29) is 31.4 Å². The van der Waals surface area contributed by atoms with Gasteiger partial charge in [0.1, 0.15) is 30.8 Å². The van der Waals surface area contributed by atoms with Gasteiger partial charge in [0, 0.05) is 5.69 Å². The summed E-state index contributed by atoms with van der Waals surface area (Å²) in [6.07, 6.45) is -2.66. The molecule has 0 unspecified atom stereocenters. The summed E-state index contributed by atoms with van der Waals surface area (Å²) >= 11 is 5.99. The van der Waals surface area contributed by atoms with Gasteiger partial charge in [0.25, 0.3) is 0 Å². The Labute approximate surface area is 206 Å². The van der Waals surface area contributed by atoms with Crippen LogP contribution in [0.25, 0.3) is 0 Å². The number of nitrogens with one attached hydrogen (secondary N) is 2. The number of hydrogen-bond acceptors (Lipinski definition) is 6. The number of alkyl carbamates (subject to hydrolysis) is 1. The van der Waals surface area contributed by atoms with Gasteiger partial charge in [-0.25, -0.2) is 9.18 Å². The third-order valence-electron chi connectivity index (χ3n) is 4.80. The molecule has 10 heteroatoms. The smallest absolute Gasteiger partial charge is 0.407 e. The topological polar surface area (TPSA) is 117 Å². The molecule has 4 N–H and O–H groups in total. The van der Waals surface area contributed by atoms with E-state index in [4.69, 9.17) is 21.1 Å². The second-order valence-corrected chi connectivity index (χ2v) is 7.94. The van der Waals surface area contributed by atoms with E-state index in [1.807, 2.05) is 0 Å². The molecule has 0 radical (unpaired) electrons. The van der Waals surface area contributed by atoms with Crippen molar-refractivity contribution in [3.63, 3.8) is 0 Å². The first-order valence-electron chi connectivity index (χ1n) is 10.6. The zero-order valence-corrected chi connectivity index (χ0v) is 19.2. The fraction of sp³-hybridized carbons (Fsp3) is 0.200. The number of aliphatic hydroxyl groups is 2. The van der Waals surface area contributed by atoms with Gasteiger partial charge < -0.3 is 30.3 Å². The van der Waals surface area contributed by atoms with Crippen molar-refractivity contribution in [3.8, 4) is 5.75 Å². The lowest BCUT2D eigenvalue weighted by Gasteiger charge is -2.21. The maximum absolute atomic E-state index is 13.0. The van der Waals surface area contributed by atoms with E-state index in [0.717, 1.165) is 0 Å². The number of halogens is 2. The van der Waals surface area contributed by atoms with Gasteiger partial charge in [-0.1, -0.05) is 48.0 Å². The highest BCUT2D eigenvalue weighted by Gasteiger charge is 2.21. The molecule has 0 aliphatic rings. The van der Waals surface area contributed by atoms with Crippen molar-refractivity contribution in [2.45, 2.75) is 25.4 Å². The van der Waals surface area contributed by atoms with Crippen LogP contribution in [-0.4, -0.2) is 41.2 Å². The predicted octanol–water partition coefficient (Wildman–Crippen LogP) is 3.64. The van der Waals surface area contributed by atoms with E-state index in [2.05, 4.69) is 10.6 Å². The second-order valence-electron chi connectivity index (χ2n) is 7.53. The Bertz CT molecular complexity index is 1130. The summed E-state index contributed by atoms with van der Waals surface area (Å²) < 4.78 is 23.5. The summed E-state index contributed by atoms with van der Waals surface area (Å²) in [6.45, 7) is -0.335. The highest BCUT2D eigenvalue weighted by Crippen LogP contribution is 2.23. The van der Waals surface area contributed by atoms with Crippen LogP contribution in [0.4, 0.5) is 14.9 Å². The molecule has 2 amide bonds. The van der Waals surface area contributed by atoms with Crippen LogP contribution in [0.5, 0.6) is 5.75 Å². The molecule has 184 valence electrons. The van der Waals surface area contributed by atoms with Crippen LogP contribution in [0.3, 0.4) is 0 Å².